The quantitative estimate of drug-likeness (QED) is 0.843. The van der Waals surface area contributed by atoms with E-state index in [2.05, 4.69) is 5.32 Å². The molecule has 0 fully saturated rings. The van der Waals surface area contributed by atoms with Crippen molar-refractivity contribution < 1.29 is 9.21 Å². The van der Waals surface area contributed by atoms with Crippen molar-refractivity contribution >= 4 is 16.9 Å². The van der Waals surface area contributed by atoms with Crippen molar-refractivity contribution in [2.24, 2.45) is 11.7 Å². The number of amides is 1. The molecule has 96 valence electrons. The predicted octanol–water partition coefficient (Wildman–Crippen LogP) is 1.69. The molecule has 18 heavy (non-hydrogen) atoms. The van der Waals surface area contributed by atoms with Gasteiger partial charge in [0.2, 0.25) is 5.91 Å². The van der Waals surface area contributed by atoms with Crippen molar-refractivity contribution in [2.45, 2.75) is 13.3 Å². The van der Waals surface area contributed by atoms with Gasteiger partial charge >= 0.3 is 0 Å². The van der Waals surface area contributed by atoms with Crippen LogP contribution in [0.4, 0.5) is 0 Å². The van der Waals surface area contributed by atoms with E-state index >= 15 is 0 Å². The molecule has 1 aromatic carbocycles. The van der Waals surface area contributed by atoms with Crippen LogP contribution < -0.4 is 11.1 Å². The average molecular weight is 246 g/mol. The fraction of sp³-hybridized carbons (Fsp3) is 0.357. The van der Waals surface area contributed by atoms with E-state index in [-0.39, 0.29) is 11.8 Å². The lowest BCUT2D eigenvalue weighted by Gasteiger charge is -2.09. The highest BCUT2D eigenvalue weighted by molar-refractivity contribution is 5.81. The summed E-state index contributed by atoms with van der Waals surface area (Å²) >= 11 is 0. The Labute approximate surface area is 106 Å². The van der Waals surface area contributed by atoms with Crippen LogP contribution in [0.15, 0.2) is 34.9 Å². The molecule has 1 heterocycles. The minimum absolute atomic E-state index is 0.00491. The van der Waals surface area contributed by atoms with Crippen LogP contribution in [0.3, 0.4) is 0 Å². The molecule has 4 nitrogen and oxygen atoms in total. The first-order chi connectivity index (χ1) is 8.72. The number of nitrogens with two attached hydrogens (primary N) is 1. The fourth-order valence-corrected chi connectivity index (χ4v) is 1.83. The number of hydrogen-bond acceptors (Lipinski definition) is 3. The number of fused-ring (bicyclic) bond motifs is 1. The Kier molecular flexibility index (Phi) is 3.99. The minimum atomic E-state index is -0.133. The monoisotopic (exact) mass is 246 g/mol. The largest absolute Gasteiger partial charge is 0.464 e. The van der Waals surface area contributed by atoms with Crippen molar-refractivity contribution in [1.29, 1.82) is 0 Å². The lowest BCUT2D eigenvalue weighted by Crippen LogP contribution is -2.34. The van der Waals surface area contributed by atoms with Gasteiger partial charge in [-0.15, -0.1) is 0 Å². The van der Waals surface area contributed by atoms with Gasteiger partial charge in [-0.3, -0.25) is 4.79 Å². The maximum Gasteiger partial charge on any atom is 0.224 e. The number of benzene rings is 1. The van der Waals surface area contributed by atoms with E-state index in [0.29, 0.717) is 13.1 Å². The van der Waals surface area contributed by atoms with Crippen LogP contribution in [0.25, 0.3) is 11.0 Å². The van der Waals surface area contributed by atoms with Gasteiger partial charge in [-0.2, -0.15) is 0 Å². The smallest absolute Gasteiger partial charge is 0.224 e. The summed E-state index contributed by atoms with van der Waals surface area (Å²) < 4.78 is 5.44. The van der Waals surface area contributed by atoms with E-state index in [0.717, 1.165) is 23.0 Å². The van der Waals surface area contributed by atoms with Crippen molar-refractivity contribution in [3.8, 4) is 0 Å². The van der Waals surface area contributed by atoms with Crippen molar-refractivity contribution in [1.82, 2.24) is 5.32 Å². The Morgan fingerprint density at radius 1 is 1.44 bits per heavy atom. The summed E-state index contributed by atoms with van der Waals surface area (Å²) in [5, 5.41) is 3.99. The molecule has 2 aromatic rings. The molecule has 0 aliphatic heterocycles. The van der Waals surface area contributed by atoms with Crippen molar-refractivity contribution in [3.63, 3.8) is 0 Å². The maximum absolute atomic E-state index is 11.6. The molecule has 0 radical (unpaired) electrons. The molecule has 4 heteroatoms. The molecule has 1 atom stereocenters. The topological polar surface area (TPSA) is 68.3 Å². The Bertz CT molecular complexity index is 533. The summed E-state index contributed by atoms with van der Waals surface area (Å²) in [4.78, 5) is 11.6. The molecular weight excluding hydrogens is 228 g/mol. The number of rotatable bonds is 5. The van der Waals surface area contributed by atoms with Gasteiger partial charge in [0.05, 0.1) is 6.26 Å². The third-order valence-electron chi connectivity index (χ3n) is 3.06. The SMILES string of the molecule is CC(CN)C(=O)NCCc1coc2ccccc12. The van der Waals surface area contributed by atoms with Crippen molar-refractivity contribution in [2.75, 3.05) is 13.1 Å². The summed E-state index contributed by atoms with van der Waals surface area (Å²) in [6.45, 7) is 2.80. The van der Waals surface area contributed by atoms with Crippen LogP contribution in [0.5, 0.6) is 0 Å². The number of carbonyl (C=O) groups is 1. The summed E-state index contributed by atoms with van der Waals surface area (Å²) in [5.74, 6) is -0.128. The summed E-state index contributed by atoms with van der Waals surface area (Å²) in [7, 11) is 0. The van der Waals surface area contributed by atoms with E-state index < -0.39 is 0 Å². The molecule has 0 bridgehead atoms. The zero-order chi connectivity index (χ0) is 13.0. The molecule has 3 N–H and O–H groups in total. The van der Waals surface area contributed by atoms with Crippen LogP contribution in [-0.4, -0.2) is 19.0 Å². The van der Waals surface area contributed by atoms with Gasteiger partial charge in [-0.05, 0) is 18.1 Å². The molecule has 0 saturated carbocycles. The van der Waals surface area contributed by atoms with Crippen LogP contribution in [0, 0.1) is 5.92 Å². The van der Waals surface area contributed by atoms with E-state index in [1.165, 1.54) is 0 Å². The Balaban J connectivity index is 1.93. The highest BCUT2D eigenvalue weighted by atomic mass is 16.3. The zero-order valence-corrected chi connectivity index (χ0v) is 10.5. The Hall–Kier alpha value is -1.81. The first kappa shape index (κ1) is 12.6. The molecular formula is C14H18N2O2. The molecule has 1 aromatic heterocycles. The Morgan fingerprint density at radius 3 is 3.00 bits per heavy atom. The zero-order valence-electron chi connectivity index (χ0n) is 10.5. The number of para-hydroxylation sites is 1. The first-order valence-corrected chi connectivity index (χ1v) is 6.15. The van der Waals surface area contributed by atoms with Gasteiger partial charge in [-0.25, -0.2) is 0 Å². The lowest BCUT2D eigenvalue weighted by atomic mass is 10.1. The van der Waals surface area contributed by atoms with E-state index in [1.807, 2.05) is 31.2 Å². The van der Waals surface area contributed by atoms with Gasteiger partial charge in [0.25, 0.3) is 0 Å². The molecule has 1 unspecified atom stereocenters. The highest BCUT2D eigenvalue weighted by Crippen LogP contribution is 2.20. The van der Waals surface area contributed by atoms with Crippen molar-refractivity contribution in [3.05, 3.63) is 36.1 Å². The second-order valence-electron chi connectivity index (χ2n) is 4.43. The molecule has 1 amide bonds. The highest BCUT2D eigenvalue weighted by Gasteiger charge is 2.10. The van der Waals surface area contributed by atoms with E-state index in [9.17, 15) is 4.79 Å². The van der Waals surface area contributed by atoms with E-state index in [4.69, 9.17) is 10.2 Å². The van der Waals surface area contributed by atoms with Gasteiger partial charge in [0, 0.05) is 24.4 Å². The molecule has 0 aliphatic rings. The molecule has 0 saturated heterocycles. The number of nitrogens with one attached hydrogen (secondary N) is 1. The lowest BCUT2D eigenvalue weighted by molar-refractivity contribution is -0.124. The predicted molar refractivity (Wildman–Crippen MR) is 71.1 cm³/mol. The number of carbonyl (C=O) groups excluding carboxylic acids is 1. The number of furan rings is 1. The fourth-order valence-electron chi connectivity index (χ4n) is 1.83. The first-order valence-electron chi connectivity index (χ1n) is 6.15. The van der Waals surface area contributed by atoms with E-state index in [1.54, 1.807) is 6.26 Å². The number of hydrogen-bond donors (Lipinski definition) is 2. The second kappa shape index (κ2) is 5.69. The molecule has 0 aliphatic carbocycles. The maximum atomic E-state index is 11.6. The molecule has 2 rings (SSSR count). The third kappa shape index (κ3) is 2.71. The van der Waals surface area contributed by atoms with Crippen LogP contribution in [0.2, 0.25) is 0 Å². The molecule has 0 spiro atoms. The second-order valence-corrected chi connectivity index (χ2v) is 4.43. The normalized spacial score (nSPS) is 12.6. The summed E-state index contributed by atoms with van der Waals surface area (Å²) in [6, 6.07) is 7.89. The van der Waals surface area contributed by atoms with Gasteiger partial charge in [-0.1, -0.05) is 25.1 Å². The van der Waals surface area contributed by atoms with Gasteiger partial charge in [0.1, 0.15) is 5.58 Å². The summed E-state index contributed by atoms with van der Waals surface area (Å²) in [5.41, 5.74) is 7.44. The van der Waals surface area contributed by atoms with Gasteiger partial charge < -0.3 is 15.5 Å². The van der Waals surface area contributed by atoms with Crippen LogP contribution >= 0.6 is 0 Å². The minimum Gasteiger partial charge on any atom is -0.464 e. The summed E-state index contributed by atoms with van der Waals surface area (Å²) in [6.07, 6.45) is 2.52. The van der Waals surface area contributed by atoms with Crippen LogP contribution in [0.1, 0.15) is 12.5 Å². The standard InChI is InChI=1S/C14H18N2O2/c1-10(8-15)14(17)16-7-6-11-9-18-13-5-3-2-4-12(11)13/h2-5,9-10H,6-8,15H2,1H3,(H,16,17). The van der Waals surface area contributed by atoms with Crippen LogP contribution in [-0.2, 0) is 11.2 Å². The Morgan fingerprint density at radius 2 is 2.22 bits per heavy atom. The third-order valence-corrected chi connectivity index (χ3v) is 3.06. The average Bonchev–Trinajstić information content (AvgIpc) is 2.81. The van der Waals surface area contributed by atoms with Gasteiger partial charge in [0.15, 0.2) is 0 Å².